The molecule has 0 bridgehead atoms. The van der Waals surface area contributed by atoms with Gasteiger partial charge < -0.3 is 50.9 Å². The third kappa shape index (κ3) is 10.5. The molecular formula is C26H34CuN4O10. The second kappa shape index (κ2) is 18.1. The Labute approximate surface area is 247 Å². The number of benzene rings is 2. The van der Waals surface area contributed by atoms with E-state index in [0.717, 1.165) is 0 Å². The van der Waals surface area contributed by atoms with E-state index in [9.17, 15) is 29.4 Å². The Morgan fingerprint density at radius 1 is 0.707 bits per heavy atom. The van der Waals surface area contributed by atoms with Crippen LogP contribution in [0.3, 0.4) is 0 Å². The molecule has 2 heterocycles. The molecule has 4 atom stereocenters. The Morgan fingerprint density at radius 2 is 1.02 bits per heavy atom. The van der Waals surface area contributed by atoms with Crippen molar-refractivity contribution in [1.82, 2.24) is 20.4 Å². The number of carboxylic acids is 2. The summed E-state index contributed by atoms with van der Waals surface area (Å²) in [5, 5.41) is 27.3. The van der Waals surface area contributed by atoms with E-state index in [0.29, 0.717) is 11.1 Å². The number of carbonyl (C=O) groups excluding carboxylic acids is 4. The van der Waals surface area contributed by atoms with Crippen LogP contribution in [0.25, 0.3) is 0 Å². The third-order valence-corrected chi connectivity index (χ3v) is 6.12. The molecule has 0 spiro atoms. The fraction of sp³-hybridized carbons (Fsp3) is 0.385. The van der Waals surface area contributed by atoms with Gasteiger partial charge in [0.15, 0.2) is 0 Å². The topological polar surface area (TPSA) is 226 Å². The molecule has 14 nitrogen and oxygen atoms in total. The molecule has 2 saturated heterocycles. The minimum Gasteiger partial charge on any atom is -0.548 e. The van der Waals surface area contributed by atoms with E-state index in [-0.39, 0.29) is 66.6 Å². The molecule has 2 aliphatic heterocycles. The summed E-state index contributed by atoms with van der Waals surface area (Å²) in [5.74, 6) is -2.90. The fourth-order valence-corrected chi connectivity index (χ4v) is 4.06. The van der Waals surface area contributed by atoms with Crippen LogP contribution in [0.2, 0.25) is 0 Å². The Kier molecular flexibility index (Phi) is 16.6. The second-order valence-electron chi connectivity index (χ2n) is 8.77. The van der Waals surface area contributed by atoms with Crippen LogP contribution in [0.4, 0.5) is 0 Å². The summed E-state index contributed by atoms with van der Waals surface area (Å²) in [6, 6.07) is 15.8. The molecule has 4 rings (SSSR count). The van der Waals surface area contributed by atoms with Crippen molar-refractivity contribution in [3.63, 3.8) is 0 Å². The summed E-state index contributed by atoms with van der Waals surface area (Å²) in [6.07, 6.45) is -0.891. The Bertz CT molecular complexity index is 1020. The number of carboxylic acid groups (broad SMARTS) is 2. The number of nitrogens with one attached hydrogen (secondary N) is 2. The number of hydrogen-bond donors (Lipinski definition) is 2. The average molecular weight is 626 g/mol. The van der Waals surface area contributed by atoms with Gasteiger partial charge in [0.25, 0.3) is 11.8 Å². The first-order valence-electron chi connectivity index (χ1n) is 12.0. The van der Waals surface area contributed by atoms with Crippen molar-refractivity contribution in [2.24, 2.45) is 0 Å². The van der Waals surface area contributed by atoms with Crippen LogP contribution in [0.1, 0.15) is 34.6 Å². The molecule has 0 aromatic heterocycles. The minimum atomic E-state index is -1.20. The quantitative estimate of drug-likeness (QED) is 0.278. The van der Waals surface area contributed by atoms with Gasteiger partial charge in [-0.2, -0.15) is 0 Å². The van der Waals surface area contributed by atoms with Crippen LogP contribution >= 0.6 is 0 Å². The van der Waals surface area contributed by atoms with Crippen LogP contribution in [-0.2, 0) is 36.1 Å². The molecule has 2 aromatic carbocycles. The molecule has 2 aliphatic rings. The smallest absolute Gasteiger partial charge is 0.548 e. The van der Waals surface area contributed by atoms with E-state index < -0.39 is 36.2 Å². The summed E-state index contributed by atoms with van der Waals surface area (Å²) < 4.78 is 10.5. The van der Waals surface area contributed by atoms with Crippen LogP contribution in [-0.4, -0.2) is 95.6 Å². The molecule has 229 valence electrons. The Hall–Kier alpha value is -3.40. The van der Waals surface area contributed by atoms with Gasteiger partial charge in [-0.25, -0.2) is 0 Å². The molecule has 0 unspecified atom stereocenters. The summed E-state index contributed by atoms with van der Waals surface area (Å²) in [6.45, 7) is 3.87. The van der Waals surface area contributed by atoms with E-state index in [1.165, 1.54) is 9.80 Å². The van der Waals surface area contributed by atoms with Crippen molar-refractivity contribution in [2.75, 3.05) is 26.8 Å². The summed E-state index contributed by atoms with van der Waals surface area (Å²) in [5.41, 5.74) is 1.06. The predicted octanol–water partition coefficient (Wildman–Crippen LogP) is -3.31. The number of ether oxygens (including phenoxy) is 2. The second-order valence-corrected chi connectivity index (χ2v) is 8.77. The number of hydrogen-bond acceptors (Lipinski definition) is 10. The molecule has 15 heteroatoms. The first-order chi connectivity index (χ1) is 18.2. The van der Waals surface area contributed by atoms with Crippen LogP contribution in [0.5, 0.6) is 0 Å². The summed E-state index contributed by atoms with van der Waals surface area (Å²) in [7, 11) is 0. The number of rotatable bonds is 8. The van der Waals surface area contributed by atoms with Crippen molar-refractivity contribution in [3.05, 3.63) is 71.8 Å². The van der Waals surface area contributed by atoms with E-state index in [1.54, 1.807) is 62.4 Å². The van der Waals surface area contributed by atoms with Crippen LogP contribution < -0.4 is 20.8 Å². The zero-order valence-electron chi connectivity index (χ0n) is 22.4. The summed E-state index contributed by atoms with van der Waals surface area (Å²) >= 11 is 0. The van der Waals surface area contributed by atoms with Gasteiger partial charge in [-0.1, -0.05) is 36.4 Å². The molecule has 41 heavy (non-hydrogen) atoms. The van der Waals surface area contributed by atoms with Gasteiger partial charge in [-0.3, -0.25) is 19.4 Å². The Balaban J connectivity index is 0.000000727. The van der Waals surface area contributed by atoms with Crippen LogP contribution in [0, 0.1) is 0 Å². The van der Waals surface area contributed by atoms with Crippen molar-refractivity contribution in [1.29, 1.82) is 0 Å². The zero-order chi connectivity index (χ0) is 27.7. The van der Waals surface area contributed by atoms with E-state index in [2.05, 4.69) is 10.6 Å². The van der Waals surface area contributed by atoms with Crippen molar-refractivity contribution in [2.45, 2.75) is 38.1 Å². The van der Waals surface area contributed by atoms with Crippen LogP contribution in [0.15, 0.2) is 60.7 Å². The van der Waals surface area contributed by atoms with Crippen molar-refractivity contribution in [3.8, 4) is 0 Å². The monoisotopic (exact) mass is 625 g/mol. The van der Waals surface area contributed by atoms with Gasteiger partial charge in [-0.15, -0.1) is 0 Å². The van der Waals surface area contributed by atoms with Gasteiger partial charge in [0.2, 0.25) is 0 Å². The third-order valence-electron chi connectivity index (χ3n) is 6.12. The SMILES string of the molecule is C[C@H]1OCN(CNC(=O)c2ccccc2)[C@@H]1C(=O)[O-].C[C@H]1OCN(CNC(=O)c2ccccc2)[C@@H]1C(=O)[O-].O.O.[Cu+2]. The number of carbonyl (C=O) groups is 4. The fourth-order valence-electron chi connectivity index (χ4n) is 4.06. The molecule has 2 amide bonds. The van der Waals surface area contributed by atoms with Crippen molar-refractivity contribution >= 4 is 23.8 Å². The first kappa shape index (κ1) is 37.6. The average Bonchev–Trinajstić information content (AvgIpc) is 3.48. The molecule has 1 radical (unpaired) electrons. The Morgan fingerprint density at radius 3 is 1.32 bits per heavy atom. The minimum absolute atomic E-state index is 0. The van der Waals surface area contributed by atoms with Gasteiger partial charge in [0.1, 0.15) is 13.5 Å². The van der Waals surface area contributed by atoms with Gasteiger partial charge >= 0.3 is 17.1 Å². The summed E-state index contributed by atoms with van der Waals surface area (Å²) in [4.78, 5) is 48.6. The van der Waals surface area contributed by atoms with E-state index in [1.807, 2.05) is 12.1 Å². The van der Waals surface area contributed by atoms with Crippen molar-refractivity contribution < 1.29 is 66.9 Å². The predicted molar refractivity (Wildman–Crippen MR) is 137 cm³/mol. The zero-order valence-corrected chi connectivity index (χ0v) is 23.3. The maximum atomic E-state index is 11.8. The number of aliphatic carboxylic acids is 2. The van der Waals surface area contributed by atoms with E-state index >= 15 is 0 Å². The molecule has 6 N–H and O–H groups in total. The maximum absolute atomic E-state index is 11.8. The first-order valence-corrected chi connectivity index (χ1v) is 12.0. The molecule has 2 aromatic rings. The molecular weight excluding hydrogens is 592 g/mol. The van der Waals surface area contributed by atoms with Gasteiger partial charge in [0, 0.05) is 11.1 Å². The normalized spacial score (nSPS) is 21.5. The molecule has 0 saturated carbocycles. The number of nitrogens with zero attached hydrogens (tertiary/aromatic N) is 2. The molecule has 2 fully saturated rings. The number of amides is 2. The standard InChI is InChI=1S/2C13H16N2O4.Cu.2H2O/c2*1-9-11(13(17)18)15(8-19-9)7-14-12(16)10-5-3-2-4-6-10;;;/h2*2-6,9,11H,7-8H2,1H3,(H,14,16)(H,17,18);;2*1H2/q;;+2;;/p-2/t2*9-,11+;;;/m11.../s1. The maximum Gasteiger partial charge on any atom is 2.00 e. The van der Waals surface area contributed by atoms with Gasteiger partial charge in [0.05, 0.1) is 49.6 Å². The van der Waals surface area contributed by atoms with E-state index in [4.69, 9.17) is 9.47 Å². The largest absolute Gasteiger partial charge is 2.00 e. The molecule has 0 aliphatic carbocycles. The van der Waals surface area contributed by atoms with Gasteiger partial charge in [-0.05, 0) is 38.1 Å².